The predicted molar refractivity (Wildman–Crippen MR) is 99.4 cm³/mol. The Morgan fingerprint density at radius 1 is 1.19 bits per heavy atom. The van der Waals surface area contributed by atoms with Gasteiger partial charge >= 0.3 is 0 Å². The fraction of sp³-hybridized carbons (Fsp3) is 0.300. The highest BCUT2D eigenvalue weighted by Gasteiger charge is 2.38. The Hall–Kier alpha value is -2.27. The van der Waals surface area contributed by atoms with Crippen molar-refractivity contribution in [1.82, 2.24) is 9.62 Å². The molecule has 0 saturated heterocycles. The lowest BCUT2D eigenvalue weighted by Gasteiger charge is -2.14. The lowest BCUT2D eigenvalue weighted by atomic mass is 10.1. The molecule has 142 valence electrons. The number of terminal acetylenes is 1. The molecule has 4 nitrogen and oxygen atoms in total. The number of halogens is 2. The van der Waals surface area contributed by atoms with Gasteiger partial charge in [0.25, 0.3) is 0 Å². The summed E-state index contributed by atoms with van der Waals surface area (Å²) in [5.41, 5.74) is 1.72. The molecule has 1 N–H and O–H groups in total. The maximum atomic E-state index is 13.3. The molecule has 2 aromatic rings. The fourth-order valence-corrected chi connectivity index (χ4v) is 4.04. The SMILES string of the molecule is C#CCN(C)S(=O)(=O)c1ccc(CN[C@@H]2C[C@H]2c2ccc(F)c(F)c2)cc1. The molecular weight excluding hydrogens is 370 g/mol. The molecule has 0 aromatic heterocycles. The van der Waals surface area contributed by atoms with E-state index in [0.717, 1.165) is 27.9 Å². The summed E-state index contributed by atoms with van der Waals surface area (Å²) in [7, 11) is -2.14. The molecular formula is C20H20F2N2O2S. The second-order valence-corrected chi connectivity index (χ2v) is 8.66. The highest BCUT2D eigenvalue weighted by Crippen LogP contribution is 2.41. The van der Waals surface area contributed by atoms with E-state index in [1.54, 1.807) is 30.3 Å². The Kier molecular flexibility index (Phi) is 5.61. The van der Waals surface area contributed by atoms with Gasteiger partial charge in [-0.05, 0) is 41.8 Å². The van der Waals surface area contributed by atoms with Crippen molar-refractivity contribution >= 4 is 10.0 Å². The minimum Gasteiger partial charge on any atom is -0.309 e. The molecule has 1 fully saturated rings. The highest BCUT2D eigenvalue weighted by molar-refractivity contribution is 7.89. The van der Waals surface area contributed by atoms with Crippen molar-refractivity contribution in [3.05, 3.63) is 65.2 Å². The van der Waals surface area contributed by atoms with E-state index in [0.29, 0.717) is 6.54 Å². The lowest BCUT2D eigenvalue weighted by Crippen LogP contribution is -2.27. The van der Waals surface area contributed by atoms with Crippen LogP contribution < -0.4 is 5.32 Å². The number of sulfonamides is 1. The summed E-state index contributed by atoms with van der Waals surface area (Å²) < 4.78 is 52.1. The van der Waals surface area contributed by atoms with E-state index in [9.17, 15) is 17.2 Å². The first-order valence-corrected chi connectivity index (χ1v) is 9.94. The summed E-state index contributed by atoms with van der Waals surface area (Å²) in [5, 5.41) is 3.35. The average molecular weight is 390 g/mol. The Morgan fingerprint density at radius 2 is 1.89 bits per heavy atom. The van der Waals surface area contributed by atoms with E-state index in [1.807, 2.05) is 0 Å². The molecule has 1 saturated carbocycles. The fourth-order valence-electron chi connectivity index (χ4n) is 2.95. The Labute approximate surface area is 158 Å². The van der Waals surface area contributed by atoms with Gasteiger partial charge in [0.1, 0.15) is 0 Å². The molecule has 0 spiro atoms. The predicted octanol–water partition coefficient (Wildman–Crippen LogP) is 2.86. The highest BCUT2D eigenvalue weighted by atomic mass is 32.2. The van der Waals surface area contributed by atoms with Gasteiger partial charge in [-0.25, -0.2) is 17.2 Å². The molecule has 27 heavy (non-hydrogen) atoms. The number of rotatable bonds is 7. The van der Waals surface area contributed by atoms with Gasteiger partial charge in [-0.3, -0.25) is 0 Å². The standard InChI is InChI=1S/C20H20F2N2O2S/c1-3-10-24(2)27(25,26)16-7-4-14(5-8-16)13-23-20-12-17(20)15-6-9-18(21)19(22)11-15/h1,4-9,11,17,20,23H,10,12-13H2,2H3/t17-,20+/m0/s1. The van der Waals surface area contributed by atoms with E-state index in [4.69, 9.17) is 6.42 Å². The number of nitrogens with one attached hydrogen (secondary N) is 1. The third-order valence-corrected chi connectivity index (χ3v) is 6.49. The van der Waals surface area contributed by atoms with Gasteiger partial charge in [0.15, 0.2) is 11.6 Å². The first kappa shape index (κ1) is 19.5. The molecule has 1 aliphatic carbocycles. The second kappa shape index (κ2) is 7.77. The Balaban J connectivity index is 1.57. The van der Waals surface area contributed by atoms with Crippen LogP contribution in [0.1, 0.15) is 23.5 Å². The maximum absolute atomic E-state index is 13.3. The molecule has 2 atom stereocenters. The molecule has 0 radical (unpaired) electrons. The van der Waals surface area contributed by atoms with Gasteiger partial charge < -0.3 is 5.32 Å². The van der Waals surface area contributed by atoms with Crippen LogP contribution in [0, 0.1) is 24.0 Å². The van der Waals surface area contributed by atoms with Gasteiger partial charge in [-0.2, -0.15) is 4.31 Å². The van der Waals surface area contributed by atoms with Crippen LogP contribution in [0.2, 0.25) is 0 Å². The van der Waals surface area contributed by atoms with Crippen LogP contribution in [-0.4, -0.2) is 32.4 Å². The summed E-state index contributed by atoms with van der Waals surface area (Å²) in [5.74, 6) is 0.805. The molecule has 0 unspecified atom stereocenters. The summed E-state index contributed by atoms with van der Waals surface area (Å²) in [6.07, 6.45) is 6.02. The van der Waals surface area contributed by atoms with Gasteiger partial charge in [-0.15, -0.1) is 6.42 Å². The van der Waals surface area contributed by atoms with Crippen molar-refractivity contribution in [3.8, 4) is 12.3 Å². The lowest BCUT2D eigenvalue weighted by molar-refractivity contribution is 0.503. The van der Waals surface area contributed by atoms with Crippen LogP contribution in [0.15, 0.2) is 47.4 Å². The first-order chi connectivity index (χ1) is 12.8. The molecule has 7 heteroatoms. The Morgan fingerprint density at radius 3 is 2.52 bits per heavy atom. The van der Waals surface area contributed by atoms with Crippen LogP contribution in [0.3, 0.4) is 0 Å². The Bertz CT molecular complexity index is 968. The third-order valence-electron chi connectivity index (χ3n) is 4.68. The number of hydrogen-bond donors (Lipinski definition) is 1. The monoisotopic (exact) mass is 390 g/mol. The normalized spacial score (nSPS) is 19.1. The summed E-state index contributed by atoms with van der Waals surface area (Å²) in [6.45, 7) is 0.573. The molecule has 0 amide bonds. The zero-order chi connectivity index (χ0) is 19.6. The van der Waals surface area contributed by atoms with Crippen LogP contribution >= 0.6 is 0 Å². The number of benzene rings is 2. The van der Waals surface area contributed by atoms with Gasteiger partial charge in [-0.1, -0.05) is 24.1 Å². The van der Waals surface area contributed by atoms with Crippen molar-refractivity contribution < 1.29 is 17.2 Å². The third kappa shape index (κ3) is 4.35. The minimum absolute atomic E-state index is 0.0126. The van der Waals surface area contributed by atoms with Crippen molar-refractivity contribution in [1.29, 1.82) is 0 Å². The minimum atomic E-state index is -3.58. The van der Waals surface area contributed by atoms with Crippen LogP contribution in [0.4, 0.5) is 8.78 Å². The maximum Gasteiger partial charge on any atom is 0.243 e. The quantitative estimate of drug-likeness (QED) is 0.740. The average Bonchev–Trinajstić information content (AvgIpc) is 3.42. The van der Waals surface area contributed by atoms with Gasteiger partial charge in [0.05, 0.1) is 11.4 Å². The summed E-state index contributed by atoms with van der Waals surface area (Å²) in [4.78, 5) is 0.190. The zero-order valence-electron chi connectivity index (χ0n) is 14.8. The van der Waals surface area contributed by atoms with Crippen LogP contribution in [-0.2, 0) is 16.6 Å². The molecule has 0 bridgehead atoms. The van der Waals surface area contributed by atoms with Crippen LogP contribution in [0.5, 0.6) is 0 Å². The largest absolute Gasteiger partial charge is 0.309 e. The summed E-state index contributed by atoms with van der Waals surface area (Å²) >= 11 is 0. The van der Waals surface area contributed by atoms with Crippen molar-refractivity contribution in [2.24, 2.45) is 0 Å². The van der Waals surface area contributed by atoms with Crippen molar-refractivity contribution in [2.75, 3.05) is 13.6 Å². The summed E-state index contributed by atoms with van der Waals surface area (Å²) in [6, 6.07) is 10.8. The van der Waals surface area contributed by atoms with Crippen molar-refractivity contribution in [2.45, 2.75) is 29.8 Å². The second-order valence-electron chi connectivity index (χ2n) is 6.61. The van der Waals surface area contributed by atoms with Gasteiger partial charge in [0, 0.05) is 25.6 Å². The molecule has 0 aliphatic heterocycles. The molecule has 1 aliphatic rings. The molecule has 3 rings (SSSR count). The van der Waals surface area contributed by atoms with Crippen molar-refractivity contribution in [3.63, 3.8) is 0 Å². The van der Waals surface area contributed by atoms with E-state index < -0.39 is 21.7 Å². The first-order valence-electron chi connectivity index (χ1n) is 8.50. The van der Waals surface area contributed by atoms with Gasteiger partial charge in [0.2, 0.25) is 10.0 Å². The number of hydrogen-bond acceptors (Lipinski definition) is 3. The molecule has 2 aromatic carbocycles. The van der Waals surface area contributed by atoms with Crippen LogP contribution in [0.25, 0.3) is 0 Å². The van der Waals surface area contributed by atoms with E-state index in [2.05, 4.69) is 11.2 Å². The number of nitrogens with zero attached hydrogens (tertiary/aromatic N) is 1. The topological polar surface area (TPSA) is 49.4 Å². The van der Waals surface area contributed by atoms with E-state index >= 15 is 0 Å². The zero-order valence-corrected chi connectivity index (χ0v) is 15.6. The molecule has 0 heterocycles. The van der Waals surface area contributed by atoms with E-state index in [1.165, 1.54) is 13.1 Å². The van der Waals surface area contributed by atoms with E-state index in [-0.39, 0.29) is 23.4 Å². The smallest absolute Gasteiger partial charge is 0.243 e.